The summed E-state index contributed by atoms with van der Waals surface area (Å²) in [5.74, 6) is 1.98. The van der Waals surface area contributed by atoms with Crippen molar-refractivity contribution < 1.29 is 4.74 Å². The van der Waals surface area contributed by atoms with Gasteiger partial charge in [0.25, 0.3) is 0 Å². The van der Waals surface area contributed by atoms with Gasteiger partial charge < -0.3 is 4.74 Å². The molecule has 0 spiro atoms. The van der Waals surface area contributed by atoms with Gasteiger partial charge in [0.15, 0.2) is 0 Å². The van der Waals surface area contributed by atoms with Crippen LogP contribution in [0.15, 0.2) is 0 Å². The van der Waals surface area contributed by atoms with Gasteiger partial charge in [0.05, 0.1) is 0 Å². The van der Waals surface area contributed by atoms with Gasteiger partial charge in [0, 0.05) is 0 Å². The van der Waals surface area contributed by atoms with Crippen molar-refractivity contribution in [2.45, 2.75) is 86.2 Å². The molecule has 0 saturated carbocycles. The standard InChI is InChI=1S/C20H32O/c1-13(2)9-8-11-20(7)12-10-18-16(5)14(3)15(4)17(6)19(18)21-20/h13H,8-12H2,1-7H3. The SMILES string of the molecule is Cc1c(C)c(C)c2c(c1C)CCC(C)(CCCC(C)C)O2. The van der Waals surface area contributed by atoms with E-state index in [0.717, 1.165) is 12.3 Å². The van der Waals surface area contributed by atoms with Crippen molar-refractivity contribution >= 4 is 0 Å². The summed E-state index contributed by atoms with van der Waals surface area (Å²) in [5, 5.41) is 0. The predicted molar refractivity (Wildman–Crippen MR) is 91.4 cm³/mol. The van der Waals surface area contributed by atoms with Gasteiger partial charge >= 0.3 is 0 Å². The first-order valence-electron chi connectivity index (χ1n) is 8.53. The van der Waals surface area contributed by atoms with Crippen LogP contribution in [-0.4, -0.2) is 5.60 Å². The molecule has 1 heteroatoms. The minimum Gasteiger partial charge on any atom is -0.487 e. The first-order chi connectivity index (χ1) is 9.75. The fourth-order valence-corrected chi connectivity index (χ4v) is 3.54. The fourth-order valence-electron chi connectivity index (χ4n) is 3.54. The molecular formula is C20H32O. The summed E-state index contributed by atoms with van der Waals surface area (Å²) < 4.78 is 6.55. The molecule has 1 aromatic carbocycles. The van der Waals surface area contributed by atoms with Crippen LogP contribution < -0.4 is 4.74 Å². The predicted octanol–water partition coefficient (Wildman–Crippen LogP) is 5.83. The second-order valence-electron chi connectivity index (χ2n) is 7.65. The highest BCUT2D eigenvalue weighted by Crippen LogP contribution is 2.42. The third kappa shape index (κ3) is 3.27. The zero-order chi connectivity index (χ0) is 15.8. The lowest BCUT2D eigenvalue weighted by molar-refractivity contribution is 0.0516. The molecule has 1 aliphatic heterocycles. The Labute approximate surface area is 131 Å². The van der Waals surface area contributed by atoms with E-state index in [0.29, 0.717) is 0 Å². The third-order valence-corrected chi connectivity index (χ3v) is 5.49. The van der Waals surface area contributed by atoms with E-state index in [2.05, 4.69) is 48.5 Å². The normalized spacial score (nSPS) is 21.3. The van der Waals surface area contributed by atoms with Crippen molar-refractivity contribution in [3.05, 3.63) is 27.8 Å². The lowest BCUT2D eigenvalue weighted by atomic mass is 9.83. The van der Waals surface area contributed by atoms with E-state index in [-0.39, 0.29) is 5.60 Å². The molecule has 2 rings (SSSR count). The van der Waals surface area contributed by atoms with Crippen LogP contribution in [0.4, 0.5) is 0 Å². The lowest BCUT2D eigenvalue weighted by Crippen LogP contribution is -2.37. The maximum Gasteiger partial charge on any atom is 0.126 e. The van der Waals surface area contributed by atoms with E-state index in [1.54, 1.807) is 0 Å². The van der Waals surface area contributed by atoms with Crippen molar-refractivity contribution in [3.8, 4) is 5.75 Å². The monoisotopic (exact) mass is 288 g/mol. The molecule has 0 bridgehead atoms. The molecule has 1 aromatic rings. The van der Waals surface area contributed by atoms with Crippen LogP contribution in [0.3, 0.4) is 0 Å². The highest BCUT2D eigenvalue weighted by Gasteiger charge is 2.33. The molecule has 21 heavy (non-hydrogen) atoms. The van der Waals surface area contributed by atoms with Crippen LogP contribution in [0, 0.1) is 33.6 Å². The lowest BCUT2D eigenvalue weighted by Gasteiger charge is -2.38. The first kappa shape index (κ1) is 16.4. The Morgan fingerprint density at radius 3 is 2.24 bits per heavy atom. The van der Waals surface area contributed by atoms with E-state index in [1.165, 1.54) is 59.3 Å². The molecule has 1 nitrogen and oxygen atoms in total. The van der Waals surface area contributed by atoms with Crippen LogP contribution in [0.25, 0.3) is 0 Å². The van der Waals surface area contributed by atoms with Crippen LogP contribution >= 0.6 is 0 Å². The minimum absolute atomic E-state index is 0.0286. The van der Waals surface area contributed by atoms with E-state index in [1.807, 2.05) is 0 Å². The Balaban J connectivity index is 2.24. The van der Waals surface area contributed by atoms with E-state index in [9.17, 15) is 0 Å². The van der Waals surface area contributed by atoms with Gasteiger partial charge in [-0.2, -0.15) is 0 Å². The second-order valence-corrected chi connectivity index (χ2v) is 7.65. The Morgan fingerprint density at radius 2 is 1.62 bits per heavy atom. The summed E-state index contributed by atoms with van der Waals surface area (Å²) >= 11 is 0. The average molecular weight is 288 g/mol. The Kier molecular flexibility index (Phi) is 4.70. The summed E-state index contributed by atoms with van der Waals surface area (Å²) in [4.78, 5) is 0. The molecule has 0 N–H and O–H groups in total. The Bertz CT molecular complexity index is 527. The number of fused-ring (bicyclic) bond motifs is 1. The molecule has 1 heterocycles. The number of ether oxygens (including phenoxy) is 1. The Hall–Kier alpha value is -0.980. The fraction of sp³-hybridized carbons (Fsp3) is 0.700. The van der Waals surface area contributed by atoms with Crippen LogP contribution in [0.5, 0.6) is 5.75 Å². The maximum absolute atomic E-state index is 6.55. The van der Waals surface area contributed by atoms with Crippen LogP contribution in [-0.2, 0) is 6.42 Å². The summed E-state index contributed by atoms with van der Waals surface area (Å²) in [5.41, 5.74) is 7.12. The molecule has 118 valence electrons. The van der Waals surface area contributed by atoms with E-state index in [4.69, 9.17) is 4.74 Å². The Morgan fingerprint density at radius 1 is 1.00 bits per heavy atom. The first-order valence-corrected chi connectivity index (χ1v) is 8.53. The molecule has 0 saturated heterocycles. The summed E-state index contributed by atoms with van der Waals surface area (Å²) in [6.07, 6.45) is 6.07. The topological polar surface area (TPSA) is 9.23 Å². The quantitative estimate of drug-likeness (QED) is 0.677. The number of rotatable bonds is 4. The van der Waals surface area contributed by atoms with E-state index >= 15 is 0 Å². The molecule has 1 unspecified atom stereocenters. The van der Waals surface area contributed by atoms with Crippen molar-refractivity contribution in [2.75, 3.05) is 0 Å². The molecule has 0 aliphatic carbocycles. The average Bonchev–Trinajstić information content (AvgIpc) is 2.42. The zero-order valence-corrected chi connectivity index (χ0v) is 15.0. The minimum atomic E-state index is 0.0286. The van der Waals surface area contributed by atoms with Gasteiger partial charge in [-0.1, -0.05) is 20.3 Å². The van der Waals surface area contributed by atoms with Gasteiger partial charge in [-0.05, 0) is 94.0 Å². The van der Waals surface area contributed by atoms with E-state index < -0.39 is 0 Å². The zero-order valence-electron chi connectivity index (χ0n) is 15.0. The number of benzene rings is 1. The van der Waals surface area contributed by atoms with Crippen molar-refractivity contribution in [1.82, 2.24) is 0 Å². The summed E-state index contributed by atoms with van der Waals surface area (Å²) in [7, 11) is 0. The second kappa shape index (κ2) is 6.02. The maximum atomic E-state index is 6.55. The molecule has 1 aliphatic rings. The highest BCUT2D eigenvalue weighted by atomic mass is 16.5. The number of hydrogen-bond donors (Lipinski definition) is 0. The highest BCUT2D eigenvalue weighted by molar-refractivity contribution is 5.55. The summed E-state index contributed by atoms with van der Waals surface area (Å²) in [6, 6.07) is 0. The summed E-state index contributed by atoms with van der Waals surface area (Å²) in [6.45, 7) is 15.9. The van der Waals surface area contributed by atoms with Gasteiger partial charge in [-0.25, -0.2) is 0 Å². The van der Waals surface area contributed by atoms with Gasteiger partial charge in [0.1, 0.15) is 11.4 Å². The van der Waals surface area contributed by atoms with Crippen molar-refractivity contribution in [1.29, 1.82) is 0 Å². The largest absolute Gasteiger partial charge is 0.487 e. The number of hydrogen-bond acceptors (Lipinski definition) is 1. The van der Waals surface area contributed by atoms with Crippen LogP contribution in [0.1, 0.15) is 74.3 Å². The molecule has 1 atom stereocenters. The molecule has 0 amide bonds. The molecular weight excluding hydrogens is 256 g/mol. The molecule has 0 fully saturated rings. The molecule has 0 radical (unpaired) electrons. The smallest absolute Gasteiger partial charge is 0.126 e. The van der Waals surface area contributed by atoms with Crippen molar-refractivity contribution in [3.63, 3.8) is 0 Å². The van der Waals surface area contributed by atoms with Gasteiger partial charge in [0.2, 0.25) is 0 Å². The van der Waals surface area contributed by atoms with Crippen LogP contribution in [0.2, 0.25) is 0 Å². The van der Waals surface area contributed by atoms with Gasteiger partial charge in [-0.15, -0.1) is 0 Å². The van der Waals surface area contributed by atoms with Crippen molar-refractivity contribution in [2.24, 2.45) is 5.92 Å². The third-order valence-electron chi connectivity index (χ3n) is 5.49. The molecule has 0 aromatic heterocycles. The van der Waals surface area contributed by atoms with Gasteiger partial charge in [-0.3, -0.25) is 0 Å².